The molecule has 0 aliphatic rings. The van der Waals surface area contributed by atoms with Crippen molar-refractivity contribution in [2.75, 3.05) is 0 Å². The zero-order chi connectivity index (χ0) is 22.8. The molecule has 5 rings (SSSR count). The van der Waals surface area contributed by atoms with Gasteiger partial charge in [0, 0.05) is 24.4 Å². The molecule has 0 unspecified atom stereocenters. The van der Waals surface area contributed by atoms with Crippen molar-refractivity contribution in [2.24, 2.45) is 0 Å². The predicted octanol–water partition coefficient (Wildman–Crippen LogP) is 4.99. The highest BCUT2D eigenvalue weighted by Gasteiger charge is 2.19. The summed E-state index contributed by atoms with van der Waals surface area (Å²) in [4.78, 5) is 31.8. The maximum absolute atomic E-state index is 12.5. The lowest BCUT2D eigenvalue weighted by Gasteiger charge is -2.04. The molecule has 3 aromatic heterocycles. The van der Waals surface area contributed by atoms with Gasteiger partial charge < -0.3 is 14.2 Å². The van der Waals surface area contributed by atoms with E-state index in [4.69, 9.17) is 8.83 Å². The number of pyridine rings is 1. The quantitative estimate of drug-likeness (QED) is 0.291. The predicted molar refractivity (Wildman–Crippen MR) is 119 cm³/mol. The van der Waals surface area contributed by atoms with E-state index in [1.165, 1.54) is 12.1 Å². The number of nitrogens with one attached hydrogen (secondary N) is 1. The molecule has 0 aliphatic heterocycles. The van der Waals surface area contributed by atoms with E-state index in [-0.39, 0.29) is 23.8 Å². The smallest absolute Gasteiger partial charge is 0.287 e. The molecule has 0 saturated heterocycles. The van der Waals surface area contributed by atoms with E-state index in [1.807, 2.05) is 24.3 Å². The topological polar surface area (TPSA) is 124 Å². The molecule has 0 aliphatic carbocycles. The van der Waals surface area contributed by atoms with Crippen molar-refractivity contribution in [1.82, 2.24) is 15.3 Å². The minimum atomic E-state index is -0.487. The number of carbonyl (C=O) groups excluding carboxylic acids is 1. The third-order valence-electron chi connectivity index (χ3n) is 5.01. The fourth-order valence-electron chi connectivity index (χ4n) is 3.37. The van der Waals surface area contributed by atoms with Crippen LogP contribution in [0.2, 0.25) is 0 Å². The summed E-state index contributed by atoms with van der Waals surface area (Å²) >= 11 is 0. The van der Waals surface area contributed by atoms with Crippen molar-refractivity contribution in [3.63, 3.8) is 0 Å². The van der Waals surface area contributed by atoms with Gasteiger partial charge in [-0.2, -0.15) is 4.98 Å². The molecule has 9 nitrogen and oxygen atoms in total. The van der Waals surface area contributed by atoms with Gasteiger partial charge in [0.15, 0.2) is 17.0 Å². The van der Waals surface area contributed by atoms with E-state index in [9.17, 15) is 14.9 Å². The number of benzene rings is 2. The maximum Gasteiger partial charge on any atom is 0.287 e. The first-order valence-corrected chi connectivity index (χ1v) is 10.0. The average molecular weight is 440 g/mol. The second-order valence-corrected chi connectivity index (χ2v) is 7.16. The maximum atomic E-state index is 12.5. The Bertz CT molecular complexity index is 1440. The Morgan fingerprint density at radius 2 is 1.79 bits per heavy atom. The molecule has 9 heteroatoms. The number of carbonyl (C=O) groups is 1. The second-order valence-electron chi connectivity index (χ2n) is 7.16. The largest absolute Gasteiger partial charge is 0.451 e. The molecule has 1 amide bonds. The molecule has 0 radical (unpaired) electrons. The number of nitro benzene ring substituents is 1. The third-order valence-corrected chi connectivity index (χ3v) is 5.01. The number of para-hydroxylation sites is 1. The lowest BCUT2D eigenvalue weighted by atomic mass is 10.1. The summed E-state index contributed by atoms with van der Waals surface area (Å²) in [7, 11) is 0. The summed E-state index contributed by atoms with van der Waals surface area (Å²) in [5.41, 5.74) is 3.04. The first-order valence-electron chi connectivity index (χ1n) is 10.0. The molecular formula is C24H16N4O5. The molecular weight excluding hydrogens is 424 g/mol. The van der Waals surface area contributed by atoms with Crippen LogP contribution < -0.4 is 5.32 Å². The van der Waals surface area contributed by atoms with Crippen LogP contribution in [0.15, 0.2) is 87.8 Å². The van der Waals surface area contributed by atoms with Crippen molar-refractivity contribution >= 4 is 22.8 Å². The number of furan rings is 1. The normalized spacial score (nSPS) is 10.9. The van der Waals surface area contributed by atoms with E-state index in [2.05, 4.69) is 15.3 Å². The Labute approximate surface area is 186 Å². The van der Waals surface area contributed by atoms with Crippen LogP contribution in [0.1, 0.15) is 16.1 Å². The summed E-state index contributed by atoms with van der Waals surface area (Å²) in [6, 6.07) is 20.3. The number of nitro groups is 1. The number of hydrogen-bond donors (Lipinski definition) is 1. The van der Waals surface area contributed by atoms with E-state index in [0.717, 1.165) is 11.1 Å². The Morgan fingerprint density at radius 1 is 0.970 bits per heavy atom. The number of hydrogen-bond acceptors (Lipinski definition) is 7. The van der Waals surface area contributed by atoms with Crippen LogP contribution in [0.3, 0.4) is 0 Å². The van der Waals surface area contributed by atoms with E-state index in [1.54, 1.807) is 42.6 Å². The first-order chi connectivity index (χ1) is 16.1. The number of amides is 1. The Kier molecular flexibility index (Phi) is 5.12. The fourth-order valence-corrected chi connectivity index (χ4v) is 3.37. The molecule has 0 fully saturated rings. The van der Waals surface area contributed by atoms with Gasteiger partial charge in [-0.05, 0) is 48.0 Å². The van der Waals surface area contributed by atoms with Crippen LogP contribution in [-0.2, 0) is 6.54 Å². The van der Waals surface area contributed by atoms with E-state index >= 15 is 0 Å². The highest BCUT2D eigenvalue weighted by Crippen LogP contribution is 2.31. The molecule has 0 atom stereocenters. The van der Waals surface area contributed by atoms with Gasteiger partial charge in [0.1, 0.15) is 5.76 Å². The summed E-state index contributed by atoms with van der Waals surface area (Å²) in [5, 5.41) is 14.0. The van der Waals surface area contributed by atoms with E-state index in [0.29, 0.717) is 22.7 Å². The van der Waals surface area contributed by atoms with Gasteiger partial charge in [0.05, 0.1) is 10.5 Å². The molecule has 0 bridgehead atoms. The standard InChI is InChI=1S/C24H16N4O5/c29-23(21-12-11-19(32-21)17-4-1-2-5-18(17)28(30)31)26-14-15-7-9-16(10-8-15)24-27-22-20(33-24)6-3-13-25-22/h1-13H,14H2,(H,26,29). The van der Waals surface area contributed by atoms with Gasteiger partial charge in [-0.25, -0.2) is 4.98 Å². The second kappa shape index (κ2) is 8.39. The number of nitrogens with zero attached hydrogens (tertiary/aromatic N) is 3. The van der Waals surface area contributed by atoms with Crippen molar-refractivity contribution in [1.29, 1.82) is 0 Å². The molecule has 33 heavy (non-hydrogen) atoms. The molecule has 0 saturated carbocycles. The summed E-state index contributed by atoms with van der Waals surface area (Å²) in [6.07, 6.45) is 1.66. The van der Waals surface area contributed by atoms with Gasteiger partial charge >= 0.3 is 0 Å². The van der Waals surface area contributed by atoms with E-state index < -0.39 is 10.8 Å². The van der Waals surface area contributed by atoms with Crippen molar-refractivity contribution in [3.05, 3.63) is 100 Å². The van der Waals surface area contributed by atoms with Crippen molar-refractivity contribution in [3.8, 4) is 22.8 Å². The lowest BCUT2D eigenvalue weighted by Crippen LogP contribution is -2.22. The summed E-state index contributed by atoms with van der Waals surface area (Å²) < 4.78 is 11.3. The average Bonchev–Trinajstić information content (AvgIpc) is 3.50. The number of fused-ring (bicyclic) bond motifs is 1. The van der Waals surface area contributed by atoms with Gasteiger partial charge in [-0.1, -0.05) is 24.3 Å². The molecule has 3 heterocycles. The van der Waals surface area contributed by atoms with Gasteiger partial charge in [0.25, 0.3) is 11.6 Å². The van der Waals surface area contributed by atoms with Crippen LogP contribution in [0.25, 0.3) is 34.0 Å². The van der Waals surface area contributed by atoms with Crippen LogP contribution >= 0.6 is 0 Å². The minimum absolute atomic E-state index is 0.0683. The molecule has 0 spiro atoms. The highest BCUT2D eigenvalue weighted by molar-refractivity contribution is 5.92. The first kappa shape index (κ1) is 20.1. The van der Waals surface area contributed by atoms with Gasteiger partial charge in [-0.3, -0.25) is 14.9 Å². The number of aromatic nitrogens is 2. The van der Waals surface area contributed by atoms with Crippen LogP contribution in [0, 0.1) is 10.1 Å². The Hall–Kier alpha value is -4.79. The third kappa shape index (κ3) is 4.07. The molecule has 162 valence electrons. The van der Waals surface area contributed by atoms with Crippen LogP contribution in [0.4, 0.5) is 5.69 Å². The van der Waals surface area contributed by atoms with Gasteiger partial charge in [0.2, 0.25) is 5.89 Å². The monoisotopic (exact) mass is 440 g/mol. The molecule has 2 aromatic carbocycles. The van der Waals surface area contributed by atoms with Crippen LogP contribution in [0.5, 0.6) is 0 Å². The van der Waals surface area contributed by atoms with Crippen molar-refractivity contribution < 1.29 is 18.6 Å². The lowest BCUT2D eigenvalue weighted by molar-refractivity contribution is -0.384. The summed E-state index contributed by atoms with van der Waals surface area (Å²) in [6.45, 7) is 0.274. The molecule has 5 aromatic rings. The Morgan fingerprint density at radius 3 is 2.58 bits per heavy atom. The number of oxazole rings is 1. The SMILES string of the molecule is O=C(NCc1ccc(-c2nc3ncccc3o2)cc1)c1ccc(-c2ccccc2[N+](=O)[O-])o1. The summed E-state index contributed by atoms with van der Waals surface area (Å²) in [5.74, 6) is 0.370. The fraction of sp³-hybridized carbons (Fsp3) is 0.0417. The zero-order valence-corrected chi connectivity index (χ0v) is 17.1. The molecule has 1 N–H and O–H groups in total. The van der Waals surface area contributed by atoms with Crippen LogP contribution in [-0.4, -0.2) is 20.8 Å². The highest BCUT2D eigenvalue weighted by atomic mass is 16.6. The minimum Gasteiger partial charge on any atom is -0.451 e. The van der Waals surface area contributed by atoms with Crippen molar-refractivity contribution in [2.45, 2.75) is 6.54 Å². The van der Waals surface area contributed by atoms with Gasteiger partial charge in [-0.15, -0.1) is 0 Å². The Balaban J connectivity index is 1.26. The zero-order valence-electron chi connectivity index (χ0n) is 17.1. The number of rotatable bonds is 6.